The van der Waals surface area contributed by atoms with Gasteiger partial charge in [0.25, 0.3) is 0 Å². The summed E-state index contributed by atoms with van der Waals surface area (Å²) in [4.78, 5) is 4.33. The zero-order valence-electron chi connectivity index (χ0n) is 11.3. The highest BCUT2D eigenvalue weighted by Crippen LogP contribution is 2.23. The van der Waals surface area contributed by atoms with Crippen LogP contribution in [-0.4, -0.2) is 11.5 Å². The Balaban J connectivity index is 2.23. The Kier molecular flexibility index (Phi) is 5.05. The summed E-state index contributed by atoms with van der Waals surface area (Å²) in [6.45, 7) is 5.08. The van der Waals surface area contributed by atoms with E-state index in [0.29, 0.717) is 0 Å². The van der Waals surface area contributed by atoms with Crippen LogP contribution < -0.4 is 5.32 Å². The van der Waals surface area contributed by atoms with E-state index in [1.807, 2.05) is 24.6 Å². The van der Waals surface area contributed by atoms with E-state index in [1.54, 1.807) is 17.4 Å². The second kappa shape index (κ2) is 6.78. The average Bonchev–Trinajstić information content (AvgIpc) is 2.90. The van der Waals surface area contributed by atoms with Crippen LogP contribution in [0.3, 0.4) is 0 Å². The number of nitrogens with one attached hydrogen (secondary N) is 1. The first-order valence-corrected chi connectivity index (χ1v) is 7.46. The van der Waals surface area contributed by atoms with Crippen molar-refractivity contribution in [2.45, 2.75) is 32.7 Å². The topological polar surface area (TPSA) is 24.9 Å². The molecular formula is C15H19FN2S. The second-order valence-corrected chi connectivity index (χ2v) is 5.62. The number of hydrogen-bond acceptors (Lipinski definition) is 3. The van der Waals surface area contributed by atoms with Crippen molar-refractivity contribution in [3.63, 3.8) is 0 Å². The summed E-state index contributed by atoms with van der Waals surface area (Å²) >= 11 is 1.64. The highest BCUT2D eigenvalue weighted by molar-refractivity contribution is 7.09. The van der Waals surface area contributed by atoms with Crippen molar-refractivity contribution in [1.82, 2.24) is 10.3 Å². The lowest BCUT2D eigenvalue weighted by Gasteiger charge is -2.20. The molecule has 2 nitrogen and oxygen atoms in total. The van der Waals surface area contributed by atoms with Crippen LogP contribution in [0.15, 0.2) is 29.8 Å². The van der Waals surface area contributed by atoms with E-state index in [4.69, 9.17) is 0 Å². The van der Waals surface area contributed by atoms with Gasteiger partial charge in [0.2, 0.25) is 0 Å². The normalized spacial score (nSPS) is 12.6. The molecule has 1 heterocycles. The average molecular weight is 278 g/mol. The molecule has 1 aromatic heterocycles. The SMILES string of the molecule is CCCNC(Cc1nccs1)c1cc(F)ccc1C. The Bertz CT molecular complexity index is 511. The molecule has 1 unspecified atom stereocenters. The Morgan fingerprint density at radius 3 is 2.95 bits per heavy atom. The van der Waals surface area contributed by atoms with Gasteiger partial charge < -0.3 is 5.32 Å². The lowest BCUT2D eigenvalue weighted by atomic mass is 9.98. The standard InChI is InChI=1S/C15H19FN2S/c1-3-6-17-14(10-15-18-7-8-19-15)13-9-12(16)5-4-11(13)2/h4-5,7-9,14,17H,3,6,10H2,1-2H3. The van der Waals surface area contributed by atoms with Crippen LogP contribution in [0, 0.1) is 12.7 Å². The van der Waals surface area contributed by atoms with Crippen molar-refractivity contribution < 1.29 is 4.39 Å². The minimum atomic E-state index is -0.178. The van der Waals surface area contributed by atoms with Crippen LogP contribution >= 0.6 is 11.3 Å². The van der Waals surface area contributed by atoms with Gasteiger partial charge in [-0.2, -0.15) is 0 Å². The Labute approximate surface area is 117 Å². The molecule has 0 fully saturated rings. The molecule has 0 saturated carbocycles. The molecule has 0 spiro atoms. The van der Waals surface area contributed by atoms with Crippen molar-refractivity contribution in [3.8, 4) is 0 Å². The molecule has 1 N–H and O–H groups in total. The first-order chi connectivity index (χ1) is 9.20. The minimum Gasteiger partial charge on any atom is -0.310 e. The molecule has 1 aromatic carbocycles. The highest BCUT2D eigenvalue weighted by atomic mass is 32.1. The van der Waals surface area contributed by atoms with Gasteiger partial charge in [-0.25, -0.2) is 9.37 Å². The van der Waals surface area contributed by atoms with Crippen molar-refractivity contribution in [3.05, 3.63) is 51.7 Å². The van der Waals surface area contributed by atoms with Crippen LogP contribution in [0.25, 0.3) is 0 Å². The van der Waals surface area contributed by atoms with E-state index in [2.05, 4.69) is 17.2 Å². The summed E-state index contributed by atoms with van der Waals surface area (Å²) in [5.74, 6) is -0.178. The molecule has 0 aliphatic heterocycles. The summed E-state index contributed by atoms with van der Waals surface area (Å²) in [5, 5.41) is 6.55. The van der Waals surface area contributed by atoms with E-state index in [1.165, 1.54) is 6.07 Å². The molecule has 2 aromatic rings. The molecule has 0 amide bonds. The zero-order valence-corrected chi connectivity index (χ0v) is 12.1. The summed E-state index contributed by atoms with van der Waals surface area (Å²) in [7, 11) is 0. The first-order valence-electron chi connectivity index (χ1n) is 6.58. The molecule has 4 heteroatoms. The quantitative estimate of drug-likeness (QED) is 0.867. The molecule has 0 bridgehead atoms. The predicted molar refractivity (Wildman–Crippen MR) is 78.0 cm³/mol. The smallest absolute Gasteiger partial charge is 0.123 e. The van der Waals surface area contributed by atoms with E-state index >= 15 is 0 Å². The van der Waals surface area contributed by atoms with Crippen LogP contribution in [-0.2, 0) is 6.42 Å². The number of benzene rings is 1. The molecule has 0 saturated heterocycles. The van der Waals surface area contributed by atoms with E-state index in [-0.39, 0.29) is 11.9 Å². The largest absolute Gasteiger partial charge is 0.310 e. The van der Waals surface area contributed by atoms with Gasteiger partial charge in [0.15, 0.2) is 0 Å². The summed E-state index contributed by atoms with van der Waals surface area (Å²) in [5.41, 5.74) is 2.15. The van der Waals surface area contributed by atoms with Gasteiger partial charge >= 0.3 is 0 Å². The van der Waals surface area contributed by atoms with Crippen molar-refractivity contribution >= 4 is 11.3 Å². The van der Waals surface area contributed by atoms with Gasteiger partial charge in [0.05, 0.1) is 5.01 Å². The van der Waals surface area contributed by atoms with Gasteiger partial charge in [-0.3, -0.25) is 0 Å². The maximum absolute atomic E-state index is 13.5. The summed E-state index contributed by atoms with van der Waals surface area (Å²) in [6, 6.07) is 5.12. The van der Waals surface area contributed by atoms with Crippen LogP contribution in [0.1, 0.15) is 35.5 Å². The van der Waals surface area contributed by atoms with Gasteiger partial charge in [0, 0.05) is 24.0 Å². The van der Waals surface area contributed by atoms with Gasteiger partial charge in [-0.05, 0) is 43.1 Å². The van der Waals surface area contributed by atoms with Crippen molar-refractivity contribution in [1.29, 1.82) is 0 Å². The fraction of sp³-hybridized carbons (Fsp3) is 0.400. The van der Waals surface area contributed by atoms with Gasteiger partial charge in [-0.1, -0.05) is 13.0 Å². The Morgan fingerprint density at radius 1 is 1.42 bits per heavy atom. The highest BCUT2D eigenvalue weighted by Gasteiger charge is 2.15. The van der Waals surface area contributed by atoms with Crippen molar-refractivity contribution in [2.75, 3.05) is 6.54 Å². The lowest BCUT2D eigenvalue weighted by molar-refractivity contribution is 0.521. The van der Waals surface area contributed by atoms with Gasteiger partial charge in [0.1, 0.15) is 5.82 Å². The minimum absolute atomic E-state index is 0.127. The number of rotatable bonds is 6. The number of aryl methyl sites for hydroxylation is 1. The third kappa shape index (κ3) is 3.85. The lowest BCUT2D eigenvalue weighted by Crippen LogP contribution is -2.25. The monoisotopic (exact) mass is 278 g/mol. The molecule has 2 rings (SSSR count). The predicted octanol–water partition coefficient (Wildman–Crippen LogP) is 3.87. The van der Waals surface area contributed by atoms with Crippen molar-refractivity contribution in [2.24, 2.45) is 0 Å². The number of nitrogens with zero attached hydrogens (tertiary/aromatic N) is 1. The molecule has 0 radical (unpaired) electrons. The molecular weight excluding hydrogens is 259 g/mol. The third-order valence-electron chi connectivity index (χ3n) is 3.12. The first kappa shape index (κ1) is 14.2. The number of hydrogen-bond donors (Lipinski definition) is 1. The Hall–Kier alpha value is -1.26. The maximum Gasteiger partial charge on any atom is 0.123 e. The molecule has 19 heavy (non-hydrogen) atoms. The third-order valence-corrected chi connectivity index (χ3v) is 3.92. The zero-order chi connectivity index (χ0) is 13.7. The Morgan fingerprint density at radius 2 is 2.26 bits per heavy atom. The maximum atomic E-state index is 13.5. The van der Waals surface area contributed by atoms with Gasteiger partial charge in [-0.15, -0.1) is 11.3 Å². The summed E-state index contributed by atoms with van der Waals surface area (Å²) < 4.78 is 13.5. The van der Waals surface area contributed by atoms with E-state index in [0.717, 1.165) is 35.5 Å². The van der Waals surface area contributed by atoms with E-state index < -0.39 is 0 Å². The number of thiazole rings is 1. The fourth-order valence-corrected chi connectivity index (χ4v) is 2.79. The summed E-state index contributed by atoms with van der Waals surface area (Å²) in [6.07, 6.45) is 3.68. The number of aromatic nitrogens is 1. The molecule has 102 valence electrons. The molecule has 0 aliphatic carbocycles. The fourth-order valence-electron chi connectivity index (χ4n) is 2.13. The van der Waals surface area contributed by atoms with Crippen LogP contribution in [0.4, 0.5) is 4.39 Å². The number of halogens is 1. The van der Waals surface area contributed by atoms with Crippen LogP contribution in [0.5, 0.6) is 0 Å². The van der Waals surface area contributed by atoms with Crippen LogP contribution in [0.2, 0.25) is 0 Å². The second-order valence-electron chi connectivity index (χ2n) is 4.64. The molecule has 1 atom stereocenters. The molecule has 0 aliphatic rings. The van der Waals surface area contributed by atoms with E-state index in [9.17, 15) is 4.39 Å².